The van der Waals surface area contributed by atoms with E-state index in [1.54, 1.807) is 6.07 Å². The molecule has 1 heterocycles. The molecule has 1 unspecified atom stereocenters. The number of nitro benzene ring substituents is 1. The van der Waals surface area contributed by atoms with Gasteiger partial charge in [0.2, 0.25) is 5.91 Å². The molecule has 1 atom stereocenters. The Balaban J connectivity index is 2.09. The van der Waals surface area contributed by atoms with E-state index in [0.717, 1.165) is 17.3 Å². The van der Waals surface area contributed by atoms with E-state index >= 15 is 0 Å². The maximum Gasteiger partial charge on any atom is 0.293 e. The van der Waals surface area contributed by atoms with E-state index in [2.05, 4.69) is 5.32 Å². The zero-order valence-electron chi connectivity index (χ0n) is 10.7. The lowest BCUT2D eigenvalue weighted by atomic mass is 10.1. The molecule has 1 aromatic carbocycles. The zero-order valence-corrected chi connectivity index (χ0v) is 12.3. The van der Waals surface area contributed by atoms with Gasteiger partial charge in [-0.15, -0.1) is 0 Å². The number of hydrogen-bond acceptors (Lipinski definition) is 6. The second kappa shape index (κ2) is 6.85. The van der Waals surface area contributed by atoms with Crippen molar-refractivity contribution in [3.63, 3.8) is 0 Å². The fraction of sp³-hybridized carbons (Fsp3) is 0.417. The van der Waals surface area contributed by atoms with Crippen LogP contribution in [0.25, 0.3) is 0 Å². The number of nitrogens with zero attached hydrogens (tertiary/aromatic N) is 1. The first kappa shape index (κ1) is 15.0. The lowest BCUT2D eigenvalue weighted by Crippen LogP contribution is -2.23. The molecule has 3 N–H and O–H groups in total. The number of carbonyl (C=O) groups excluding carboxylic acids is 1. The molecule has 108 valence electrons. The summed E-state index contributed by atoms with van der Waals surface area (Å²) < 4.78 is 0. The minimum Gasteiger partial charge on any atom is -0.378 e. The van der Waals surface area contributed by atoms with Crippen molar-refractivity contribution in [2.75, 3.05) is 29.1 Å². The molecule has 0 saturated carbocycles. The Morgan fingerprint density at radius 1 is 1.50 bits per heavy atom. The van der Waals surface area contributed by atoms with Gasteiger partial charge in [-0.1, -0.05) is 0 Å². The number of benzene rings is 1. The summed E-state index contributed by atoms with van der Waals surface area (Å²) in [5, 5.41) is 14.6. The quantitative estimate of drug-likeness (QED) is 0.637. The van der Waals surface area contributed by atoms with Crippen molar-refractivity contribution in [1.82, 2.24) is 0 Å². The zero-order chi connectivity index (χ0) is 14.5. The third kappa shape index (κ3) is 3.80. The van der Waals surface area contributed by atoms with Crippen molar-refractivity contribution in [3.05, 3.63) is 33.9 Å². The summed E-state index contributed by atoms with van der Waals surface area (Å²) in [5.41, 5.74) is 5.59. The van der Waals surface area contributed by atoms with Crippen LogP contribution in [0, 0.1) is 10.1 Å². The van der Waals surface area contributed by atoms with E-state index in [1.807, 2.05) is 23.5 Å². The topological polar surface area (TPSA) is 98.3 Å². The van der Waals surface area contributed by atoms with Crippen LogP contribution in [0.15, 0.2) is 18.2 Å². The Morgan fingerprint density at radius 2 is 2.30 bits per heavy atom. The van der Waals surface area contributed by atoms with Crippen LogP contribution >= 0.6 is 23.5 Å². The molecule has 1 fully saturated rings. The number of thioether (sulfide) groups is 2. The molecule has 0 bridgehead atoms. The highest BCUT2D eigenvalue weighted by Crippen LogP contribution is 2.28. The van der Waals surface area contributed by atoms with E-state index < -0.39 is 10.8 Å². The van der Waals surface area contributed by atoms with Gasteiger partial charge in [-0.05, 0) is 12.1 Å². The van der Waals surface area contributed by atoms with Crippen LogP contribution in [0.3, 0.4) is 0 Å². The van der Waals surface area contributed by atoms with Crippen LogP contribution in [0.5, 0.6) is 0 Å². The fourth-order valence-corrected chi connectivity index (χ4v) is 4.48. The highest BCUT2D eigenvalue weighted by molar-refractivity contribution is 8.06. The standard InChI is InChI=1S/C12H15N3O3S2/c13-12(16)8-1-2-10(11(5-8)15(17)18)14-6-9-7-19-3-4-20-9/h1-2,5,9,14H,3-4,6-7H2,(H2,13,16). The smallest absolute Gasteiger partial charge is 0.293 e. The van der Waals surface area contributed by atoms with Crippen LogP contribution in [-0.2, 0) is 0 Å². The number of carbonyl (C=O) groups is 1. The molecule has 1 amide bonds. The number of amides is 1. The maximum atomic E-state index is 11.1. The Morgan fingerprint density at radius 3 is 2.90 bits per heavy atom. The SMILES string of the molecule is NC(=O)c1ccc(NCC2CSCCS2)c([N+](=O)[O-])c1. The van der Waals surface area contributed by atoms with E-state index in [4.69, 9.17) is 5.73 Å². The largest absolute Gasteiger partial charge is 0.378 e. The number of hydrogen-bond donors (Lipinski definition) is 2. The summed E-state index contributed by atoms with van der Waals surface area (Å²) in [6, 6.07) is 4.26. The Labute approximate surface area is 125 Å². The number of nitrogens with two attached hydrogens (primary N) is 1. The summed E-state index contributed by atoms with van der Waals surface area (Å²) >= 11 is 3.78. The van der Waals surface area contributed by atoms with Crippen molar-refractivity contribution in [2.45, 2.75) is 5.25 Å². The lowest BCUT2D eigenvalue weighted by molar-refractivity contribution is -0.384. The summed E-state index contributed by atoms with van der Waals surface area (Å²) in [6.45, 7) is 0.675. The molecule has 20 heavy (non-hydrogen) atoms. The number of anilines is 1. The minimum atomic E-state index is -0.668. The number of rotatable bonds is 5. The molecular weight excluding hydrogens is 298 g/mol. The first-order valence-electron chi connectivity index (χ1n) is 6.09. The molecule has 0 aliphatic carbocycles. The Kier molecular flexibility index (Phi) is 5.13. The average Bonchev–Trinajstić information content (AvgIpc) is 2.45. The second-order valence-corrected chi connectivity index (χ2v) is 6.86. The molecular formula is C12H15N3O3S2. The molecule has 0 aromatic heterocycles. The third-order valence-electron chi connectivity index (χ3n) is 2.88. The molecule has 0 radical (unpaired) electrons. The highest BCUT2D eigenvalue weighted by atomic mass is 32.2. The number of nitrogens with one attached hydrogen (secondary N) is 1. The van der Waals surface area contributed by atoms with Crippen LogP contribution in [0.2, 0.25) is 0 Å². The van der Waals surface area contributed by atoms with Gasteiger partial charge in [0, 0.05) is 40.7 Å². The summed E-state index contributed by atoms with van der Waals surface area (Å²) in [5.74, 6) is 2.65. The predicted octanol–water partition coefficient (Wildman–Crippen LogP) is 1.95. The Bertz CT molecular complexity index is 519. The van der Waals surface area contributed by atoms with E-state index in [0.29, 0.717) is 17.5 Å². The molecule has 0 spiro atoms. The van der Waals surface area contributed by atoms with Gasteiger partial charge in [-0.2, -0.15) is 23.5 Å². The van der Waals surface area contributed by atoms with Gasteiger partial charge in [0.05, 0.1) is 4.92 Å². The summed E-state index contributed by atoms with van der Waals surface area (Å²) in [7, 11) is 0. The van der Waals surface area contributed by atoms with E-state index in [9.17, 15) is 14.9 Å². The van der Waals surface area contributed by atoms with Gasteiger partial charge in [-0.25, -0.2) is 0 Å². The van der Waals surface area contributed by atoms with Crippen molar-refractivity contribution >= 4 is 40.8 Å². The predicted molar refractivity (Wildman–Crippen MR) is 83.7 cm³/mol. The van der Waals surface area contributed by atoms with Crippen LogP contribution in [-0.4, -0.2) is 39.9 Å². The Hall–Kier alpha value is -1.41. The molecule has 8 heteroatoms. The molecule has 1 aliphatic rings. The minimum absolute atomic E-state index is 0.116. The summed E-state index contributed by atoms with van der Waals surface area (Å²) in [4.78, 5) is 21.6. The highest BCUT2D eigenvalue weighted by Gasteiger charge is 2.19. The first-order chi connectivity index (χ1) is 9.58. The third-order valence-corrected chi connectivity index (χ3v) is 5.73. The van der Waals surface area contributed by atoms with Crippen molar-refractivity contribution in [2.24, 2.45) is 5.73 Å². The number of nitro groups is 1. The number of primary amides is 1. The van der Waals surface area contributed by atoms with E-state index in [1.165, 1.54) is 12.1 Å². The molecule has 6 nitrogen and oxygen atoms in total. The van der Waals surface area contributed by atoms with Crippen molar-refractivity contribution < 1.29 is 9.72 Å². The molecule has 2 rings (SSSR count). The van der Waals surface area contributed by atoms with E-state index in [-0.39, 0.29) is 11.3 Å². The average molecular weight is 313 g/mol. The molecule has 1 aromatic rings. The normalized spacial score (nSPS) is 18.5. The van der Waals surface area contributed by atoms with Gasteiger partial charge in [0.25, 0.3) is 5.69 Å². The first-order valence-corrected chi connectivity index (χ1v) is 8.29. The van der Waals surface area contributed by atoms with Gasteiger partial charge < -0.3 is 11.1 Å². The summed E-state index contributed by atoms with van der Waals surface area (Å²) in [6.07, 6.45) is 0. The van der Waals surface area contributed by atoms with Crippen molar-refractivity contribution in [1.29, 1.82) is 0 Å². The molecule has 1 aliphatic heterocycles. The van der Waals surface area contributed by atoms with Gasteiger partial charge in [-0.3, -0.25) is 14.9 Å². The maximum absolute atomic E-state index is 11.1. The van der Waals surface area contributed by atoms with Crippen LogP contribution < -0.4 is 11.1 Å². The van der Waals surface area contributed by atoms with Crippen molar-refractivity contribution in [3.8, 4) is 0 Å². The molecule has 1 saturated heterocycles. The lowest BCUT2D eigenvalue weighted by Gasteiger charge is -2.21. The van der Waals surface area contributed by atoms with Gasteiger partial charge in [0.1, 0.15) is 5.69 Å². The van der Waals surface area contributed by atoms with Crippen LogP contribution in [0.4, 0.5) is 11.4 Å². The van der Waals surface area contributed by atoms with Gasteiger partial charge in [0.15, 0.2) is 0 Å². The monoisotopic (exact) mass is 313 g/mol. The fourth-order valence-electron chi connectivity index (χ4n) is 1.86. The van der Waals surface area contributed by atoms with Gasteiger partial charge >= 0.3 is 0 Å². The second-order valence-electron chi connectivity index (χ2n) is 4.30. The van der Waals surface area contributed by atoms with Crippen LogP contribution in [0.1, 0.15) is 10.4 Å².